The zero-order chi connectivity index (χ0) is 16.3. The van der Waals surface area contributed by atoms with Gasteiger partial charge in [0.05, 0.1) is 12.8 Å². The first kappa shape index (κ1) is 16.6. The molecule has 0 radical (unpaired) electrons. The first-order valence-electron chi connectivity index (χ1n) is 8.05. The van der Waals surface area contributed by atoms with Gasteiger partial charge in [0.25, 0.3) is 0 Å². The highest BCUT2D eigenvalue weighted by molar-refractivity contribution is 6.31. The Labute approximate surface area is 141 Å². The number of methoxy groups -OCH3 is 1. The molecule has 2 aliphatic heterocycles. The van der Waals surface area contributed by atoms with E-state index < -0.39 is 0 Å². The zero-order valence-electron chi connectivity index (χ0n) is 13.4. The van der Waals surface area contributed by atoms with Gasteiger partial charge < -0.3 is 20.1 Å². The van der Waals surface area contributed by atoms with Crippen LogP contribution in [0.25, 0.3) is 0 Å². The second kappa shape index (κ2) is 7.07. The summed E-state index contributed by atoms with van der Waals surface area (Å²) in [6.45, 7) is 2.65. The van der Waals surface area contributed by atoms with Gasteiger partial charge in [-0.15, -0.1) is 0 Å². The largest absolute Gasteiger partial charge is 0.495 e. The molecule has 1 atom stereocenters. The Bertz CT molecular complexity index is 573. The Morgan fingerprint density at radius 2 is 2.26 bits per heavy atom. The quantitative estimate of drug-likeness (QED) is 0.886. The smallest absolute Gasteiger partial charge is 0.226 e. The highest BCUT2D eigenvalue weighted by Crippen LogP contribution is 2.39. The number of hydrogen-bond donors (Lipinski definition) is 2. The van der Waals surface area contributed by atoms with Gasteiger partial charge in [0.1, 0.15) is 5.75 Å². The summed E-state index contributed by atoms with van der Waals surface area (Å²) < 4.78 is 10.7. The first-order valence-corrected chi connectivity index (χ1v) is 8.43. The van der Waals surface area contributed by atoms with Crippen LogP contribution >= 0.6 is 11.6 Å². The lowest BCUT2D eigenvalue weighted by Gasteiger charge is -2.32. The molecule has 2 heterocycles. The SMILES string of the molecule is COc1ccc(Cl)cc1NC(=O)CC1CC2(CCOCC2)CN1. The summed E-state index contributed by atoms with van der Waals surface area (Å²) in [5.74, 6) is 0.593. The summed E-state index contributed by atoms with van der Waals surface area (Å²) in [5, 5.41) is 6.98. The van der Waals surface area contributed by atoms with Crippen LogP contribution in [0.2, 0.25) is 5.02 Å². The average molecular weight is 339 g/mol. The van der Waals surface area contributed by atoms with Gasteiger partial charge in [-0.05, 0) is 42.9 Å². The molecule has 1 amide bonds. The molecule has 1 unspecified atom stereocenters. The second-order valence-electron chi connectivity index (χ2n) is 6.49. The molecule has 23 heavy (non-hydrogen) atoms. The lowest BCUT2D eigenvalue weighted by molar-refractivity contribution is -0.116. The van der Waals surface area contributed by atoms with Crippen molar-refractivity contribution in [3.05, 3.63) is 23.2 Å². The van der Waals surface area contributed by atoms with E-state index in [1.807, 2.05) is 0 Å². The maximum Gasteiger partial charge on any atom is 0.226 e. The van der Waals surface area contributed by atoms with Gasteiger partial charge >= 0.3 is 0 Å². The lowest BCUT2D eigenvalue weighted by atomic mass is 9.78. The number of carbonyl (C=O) groups is 1. The molecule has 0 saturated carbocycles. The van der Waals surface area contributed by atoms with E-state index in [0.717, 1.165) is 39.0 Å². The van der Waals surface area contributed by atoms with Crippen LogP contribution in [0.3, 0.4) is 0 Å². The molecule has 1 aromatic carbocycles. The molecule has 0 aliphatic carbocycles. The van der Waals surface area contributed by atoms with Gasteiger partial charge in [-0.1, -0.05) is 11.6 Å². The van der Waals surface area contributed by atoms with Gasteiger partial charge in [-0.25, -0.2) is 0 Å². The fourth-order valence-corrected chi connectivity index (χ4v) is 3.73. The average Bonchev–Trinajstić information content (AvgIpc) is 2.90. The highest BCUT2D eigenvalue weighted by atomic mass is 35.5. The summed E-state index contributed by atoms with van der Waals surface area (Å²) >= 11 is 5.99. The van der Waals surface area contributed by atoms with Crippen molar-refractivity contribution in [1.82, 2.24) is 5.32 Å². The minimum Gasteiger partial charge on any atom is -0.495 e. The molecule has 5 nitrogen and oxygen atoms in total. The van der Waals surface area contributed by atoms with Crippen LogP contribution in [0.15, 0.2) is 18.2 Å². The zero-order valence-corrected chi connectivity index (χ0v) is 14.1. The van der Waals surface area contributed by atoms with Crippen LogP contribution in [0, 0.1) is 5.41 Å². The molecule has 126 valence electrons. The van der Waals surface area contributed by atoms with Gasteiger partial charge in [0, 0.05) is 37.2 Å². The van der Waals surface area contributed by atoms with E-state index >= 15 is 0 Å². The summed E-state index contributed by atoms with van der Waals surface area (Å²) in [6.07, 6.45) is 3.66. The van der Waals surface area contributed by atoms with Crippen molar-refractivity contribution in [2.45, 2.75) is 31.7 Å². The number of anilines is 1. The van der Waals surface area contributed by atoms with Crippen molar-refractivity contribution in [3.63, 3.8) is 0 Å². The van der Waals surface area contributed by atoms with Crippen molar-refractivity contribution < 1.29 is 14.3 Å². The number of carbonyl (C=O) groups excluding carboxylic acids is 1. The monoisotopic (exact) mass is 338 g/mol. The number of rotatable bonds is 4. The maximum absolute atomic E-state index is 12.3. The molecule has 1 spiro atoms. The summed E-state index contributed by atoms with van der Waals surface area (Å²) in [7, 11) is 1.58. The number of benzene rings is 1. The molecule has 2 aliphatic rings. The van der Waals surface area contributed by atoms with E-state index in [1.54, 1.807) is 25.3 Å². The molecular formula is C17H23ClN2O3. The van der Waals surface area contributed by atoms with Crippen LogP contribution < -0.4 is 15.4 Å². The molecular weight excluding hydrogens is 316 g/mol. The lowest BCUT2D eigenvalue weighted by Crippen LogP contribution is -2.31. The predicted molar refractivity (Wildman–Crippen MR) is 90.1 cm³/mol. The predicted octanol–water partition coefficient (Wildman–Crippen LogP) is 2.84. The maximum atomic E-state index is 12.3. The van der Waals surface area contributed by atoms with Crippen molar-refractivity contribution in [2.75, 3.05) is 32.2 Å². The summed E-state index contributed by atoms with van der Waals surface area (Å²) in [4.78, 5) is 12.3. The van der Waals surface area contributed by atoms with Gasteiger partial charge in [0.2, 0.25) is 5.91 Å². The molecule has 0 aromatic heterocycles. The third kappa shape index (κ3) is 3.97. The molecule has 6 heteroatoms. The molecule has 2 N–H and O–H groups in total. The molecule has 3 rings (SSSR count). The third-order valence-corrected chi connectivity index (χ3v) is 5.10. The minimum atomic E-state index is -0.0211. The van der Waals surface area contributed by atoms with Crippen LogP contribution in [-0.4, -0.2) is 38.8 Å². The van der Waals surface area contributed by atoms with E-state index in [9.17, 15) is 4.79 Å². The highest BCUT2D eigenvalue weighted by Gasteiger charge is 2.40. The summed E-state index contributed by atoms with van der Waals surface area (Å²) in [6, 6.07) is 5.42. The van der Waals surface area contributed by atoms with Crippen LogP contribution in [0.4, 0.5) is 5.69 Å². The Hall–Kier alpha value is -1.30. The van der Waals surface area contributed by atoms with Crippen molar-refractivity contribution in [2.24, 2.45) is 5.41 Å². The number of amides is 1. The Kier molecular flexibility index (Phi) is 5.09. The number of halogens is 1. The van der Waals surface area contributed by atoms with Gasteiger partial charge in [-0.2, -0.15) is 0 Å². The van der Waals surface area contributed by atoms with Crippen molar-refractivity contribution in [1.29, 1.82) is 0 Å². The third-order valence-electron chi connectivity index (χ3n) is 4.87. The van der Waals surface area contributed by atoms with Crippen LogP contribution in [0.5, 0.6) is 5.75 Å². The van der Waals surface area contributed by atoms with E-state index in [1.165, 1.54) is 0 Å². The van der Waals surface area contributed by atoms with E-state index in [2.05, 4.69) is 10.6 Å². The molecule has 1 aromatic rings. The molecule has 2 saturated heterocycles. The standard InChI is InChI=1S/C17H23ClN2O3/c1-22-15-3-2-12(18)8-14(15)20-16(21)9-13-10-17(11-19-13)4-6-23-7-5-17/h2-3,8,13,19H,4-7,9-11H2,1H3,(H,20,21). The van der Waals surface area contributed by atoms with E-state index in [4.69, 9.17) is 21.1 Å². The van der Waals surface area contributed by atoms with Gasteiger partial charge in [-0.3, -0.25) is 4.79 Å². The normalized spacial score (nSPS) is 23.0. The fourth-order valence-electron chi connectivity index (χ4n) is 3.56. The van der Waals surface area contributed by atoms with Crippen LogP contribution in [-0.2, 0) is 9.53 Å². The minimum absolute atomic E-state index is 0.0211. The first-order chi connectivity index (χ1) is 11.1. The van der Waals surface area contributed by atoms with Crippen molar-refractivity contribution >= 4 is 23.2 Å². The van der Waals surface area contributed by atoms with Crippen LogP contribution in [0.1, 0.15) is 25.7 Å². The Morgan fingerprint density at radius 3 is 3.00 bits per heavy atom. The molecule has 0 bridgehead atoms. The Morgan fingerprint density at radius 1 is 1.48 bits per heavy atom. The Balaban J connectivity index is 1.57. The number of hydrogen-bond acceptors (Lipinski definition) is 4. The number of nitrogens with one attached hydrogen (secondary N) is 2. The summed E-state index contributed by atoms with van der Waals surface area (Å²) in [5.41, 5.74) is 0.931. The number of ether oxygens (including phenoxy) is 2. The second-order valence-corrected chi connectivity index (χ2v) is 6.93. The van der Waals surface area contributed by atoms with E-state index in [-0.39, 0.29) is 11.9 Å². The molecule has 2 fully saturated rings. The van der Waals surface area contributed by atoms with Crippen molar-refractivity contribution in [3.8, 4) is 5.75 Å². The fraction of sp³-hybridized carbons (Fsp3) is 0.588. The van der Waals surface area contributed by atoms with E-state index in [0.29, 0.717) is 28.3 Å². The topological polar surface area (TPSA) is 59.6 Å². The van der Waals surface area contributed by atoms with Gasteiger partial charge in [0.15, 0.2) is 0 Å².